The van der Waals surface area contributed by atoms with Crippen molar-refractivity contribution in [3.63, 3.8) is 0 Å². The number of aryl methyl sites for hydroxylation is 2. The third-order valence-electron chi connectivity index (χ3n) is 3.23. The lowest BCUT2D eigenvalue weighted by atomic mass is 10.00. The summed E-state index contributed by atoms with van der Waals surface area (Å²) in [6.07, 6.45) is 2.09. The number of nitrogens with one attached hydrogen (secondary N) is 1. The van der Waals surface area contributed by atoms with E-state index in [-0.39, 0.29) is 6.04 Å². The average molecular weight is 281 g/mol. The SMILES string of the molecule is CCCNC(CS(=O)CCC)c1ccc(C)cc1C. The molecule has 0 saturated carbocycles. The van der Waals surface area contributed by atoms with Crippen LogP contribution in [0, 0.1) is 13.8 Å². The molecule has 0 radical (unpaired) electrons. The van der Waals surface area contributed by atoms with Crippen molar-refractivity contribution in [2.45, 2.75) is 46.6 Å². The third-order valence-corrected chi connectivity index (χ3v) is 4.79. The summed E-state index contributed by atoms with van der Waals surface area (Å²) < 4.78 is 12.0. The van der Waals surface area contributed by atoms with Crippen LogP contribution in [0.4, 0.5) is 0 Å². The highest BCUT2D eigenvalue weighted by Crippen LogP contribution is 2.20. The molecule has 1 N–H and O–H groups in total. The second kappa shape index (κ2) is 8.49. The van der Waals surface area contributed by atoms with Gasteiger partial charge in [0, 0.05) is 28.3 Å². The van der Waals surface area contributed by atoms with Crippen molar-refractivity contribution in [2.75, 3.05) is 18.1 Å². The topological polar surface area (TPSA) is 29.1 Å². The molecule has 0 bridgehead atoms. The highest BCUT2D eigenvalue weighted by molar-refractivity contribution is 7.85. The summed E-state index contributed by atoms with van der Waals surface area (Å²) in [5.41, 5.74) is 3.87. The van der Waals surface area contributed by atoms with Crippen LogP contribution < -0.4 is 5.32 Å². The molecule has 19 heavy (non-hydrogen) atoms. The van der Waals surface area contributed by atoms with E-state index in [2.05, 4.69) is 51.2 Å². The molecule has 0 saturated heterocycles. The van der Waals surface area contributed by atoms with Crippen molar-refractivity contribution in [1.29, 1.82) is 0 Å². The molecule has 0 aliphatic heterocycles. The van der Waals surface area contributed by atoms with Crippen molar-refractivity contribution < 1.29 is 4.21 Å². The van der Waals surface area contributed by atoms with Gasteiger partial charge in [-0.15, -0.1) is 0 Å². The molecule has 0 aromatic heterocycles. The Hall–Kier alpha value is -0.670. The van der Waals surface area contributed by atoms with Gasteiger partial charge in [-0.25, -0.2) is 0 Å². The molecular weight excluding hydrogens is 254 g/mol. The zero-order valence-corrected chi connectivity index (χ0v) is 13.5. The Morgan fingerprint density at radius 2 is 1.95 bits per heavy atom. The van der Waals surface area contributed by atoms with Crippen molar-refractivity contribution in [2.24, 2.45) is 0 Å². The fraction of sp³-hybridized carbons (Fsp3) is 0.625. The zero-order valence-electron chi connectivity index (χ0n) is 12.7. The molecule has 3 heteroatoms. The van der Waals surface area contributed by atoms with Crippen LogP contribution in [0.5, 0.6) is 0 Å². The summed E-state index contributed by atoms with van der Waals surface area (Å²) in [6.45, 7) is 9.48. The summed E-state index contributed by atoms with van der Waals surface area (Å²) >= 11 is 0. The minimum absolute atomic E-state index is 0.216. The third kappa shape index (κ3) is 5.45. The lowest BCUT2D eigenvalue weighted by Gasteiger charge is -2.21. The predicted octanol–water partition coefficient (Wildman–Crippen LogP) is 3.50. The second-order valence-corrected chi connectivity index (χ2v) is 6.80. The summed E-state index contributed by atoms with van der Waals surface area (Å²) in [6, 6.07) is 6.75. The van der Waals surface area contributed by atoms with Gasteiger partial charge in [0.25, 0.3) is 0 Å². The molecule has 0 amide bonds. The number of benzene rings is 1. The van der Waals surface area contributed by atoms with E-state index < -0.39 is 10.8 Å². The van der Waals surface area contributed by atoms with Gasteiger partial charge in [-0.1, -0.05) is 37.6 Å². The molecular formula is C16H27NOS. The van der Waals surface area contributed by atoms with Gasteiger partial charge in [0.15, 0.2) is 0 Å². The first kappa shape index (κ1) is 16.4. The van der Waals surface area contributed by atoms with Crippen LogP contribution >= 0.6 is 0 Å². The van der Waals surface area contributed by atoms with Crippen LogP contribution in [0.1, 0.15) is 49.4 Å². The minimum atomic E-state index is -0.730. The Balaban J connectivity index is 2.85. The van der Waals surface area contributed by atoms with Crippen LogP contribution in [-0.4, -0.2) is 22.3 Å². The van der Waals surface area contributed by atoms with E-state index in [4.69, 9.17) is 0 Å². The van der Waals surface area contributed by atoms with Gasteiger partial charge in [0.1, 0.15) is 0 Å². The second-order valence-electron chi connectivity index (χ2n) is 5.18. The molecule has 0 aliphatic carbocycles. The van der Waals surface area contributed by atoms with Crippen molar-refractivity contribution in [3.8, 4) is 0 Å². The van der Waals surface area contributed by atoms with Gasteiger partial charge in [0.05, 0.1) is 0 Å². The van der Waals surface area contributed by atoms with Crippen molar-refractivity contribution in [3.05, 3.63) is 34.9 Å². The maximum Gasteiger partial charge on any atom is 0.0439 e. The summed E-state index contributed by atoms with van der Waals surface area (Å²) in [4.78, 5) is 0. The Labute approximate surface area is 120 Å². The average Bonchev–Trinajstić information content (AvgIpc) is 2.35. The first-order chi connectivity index (χ1) is 9.08. The van der Waals surface area contributed by atoms with Crippen molar-refractivity contribution in [1.82, 2.24) is 5.32 Å². The zero-order chi connectivity index (χ0) is 14.3. The quantitative estimate of drug-likeness (QED) is 0.790. The predicted molar refractivity (Wildman–Crippen MR) is 85.1 cm³/mol. The van der Waals surface area contributed by atoms with Crippen LogP contribution in [0.2, 0.25) is 0 Å². The smallest absolute Gasteiger partial charge is 0.0439 e. The van der Waals surface area contributed by atoms with Gasteiger partial charge in [-0.2, -0.15) is 0 Å². The van der Waals surface area contributed by atoms with Gasteiger partial charge in [-0.3, -0.25) is 4.21 Å². The minimum Gasteiger partial charge on any atom is -0.309 e. The summed E-state index contributed by atoms with van der Waals surface area (Å²) in [5, 5.41) is 3.54. The highest BCUT2D eigenvalue weighted by atomic mass is 32.2. The van der Waals surface area contributed by atoms with E-state index in [0.717, 1.165) is 30.9 Å². The normalized spacial score (nSPS) is 14.3. The molecule has 0 spiro atoms. The fourth-order valence-electron chi connectivity index (χ4n) is 2.29. The maximum atomic E-state index is 12.0. The maximum absolute atomic E-state index is 12.0. The van der Waals surface area contributed by atoms with E-state index >= 15 is 0 Å². The Kier molecular flexibility index (Phi) is 7.32. The Morgan fingerprint density at radius 1 is 1.21 bits per heavy atom. The van der Waals surface area contributed by atoms with Crippen LogP contribution in [0.3, 0.4) is 0 Å². The van der Waals surface area contributed by atoms with E-state index in [0.29, 0.717) is 0 Å². The molecule has 108 valence electrons. The van der Waals surface area contributed by atoms with Crippen molar-refractivity contribution >= 4 is 10.8 Å². The first-order valence-corrected chi connectivity index (χ1v) is 8.72. The van der Waals surface area contributed by atoms with Gasteiger partial charge < -0.3 is 5.32 Å². The van der Waals surface area contributed by atoms with Gasteiger partial charge in [-0.05, 0) is 44.4 Å². The largest absolute Gasteiger partial charge is 0.309 e. The summed E-state index contributed by atoms with van der Waals surface area (Å²) in [5.74, 6) is 1.52. The van der Waals surface area contributed by atoms with E-state index in [1.165, 1.54) is 16.7 Å². The monoisotopic (exact) mass is 281 g/mol. The standard InChI is InChI=1S/C16H27NOS/c1-5-9-17-16(12-19(18)10-6-2)15-8-7-13(3)11-14(15)4/h7-8,11,16-17H,5-6,9-10,12H2,1-4H3. The lowest BCUT2D eigenvalue weighted by Crippen LogP contribution is -2.28. The Bertz CT molecular complexity index is 417. The summed E-state index contributed by atoms with van der Waals surface area (Å²) in [7, 11) is -0.730. The van der Waals surface area contributed by atoms with E-state index in [1.807, 2.05) is 0 Å². The number of rotatable bonds is 8. The molecule has 2 nitrogen and oxygen atoms in total. The molecule has 0 aliphatic rings. The number of hydrogen-bond acceptors (Lipinski definition) is 2. The Morgan fingerprint density at radius 3 is 2.53 bits per heavy atom. The van der Waals surface area contributed by atoms with Gasteiger partial charge >= 0.3 is 0 Å². The van der Waals surface area contributed by atoms with Crippen LogP contribution in [-0.2, 0) is 10.8 Å². The lowest BCUT2D eigenvalue weighted by molar-refractivity contribution is 0.567. The molecule has 0 heterocycles. The molecule has 1 aromatic carbocycles. The molecule has 1 rings (SSSR count). The fourth-order valence-corrected chi connectivity index (χ4v) is 3.58. The molecule has 0 fully saturated rings. The van der Waals surface area contributed by atoms with Gasteiger partial charge in [0.2, 0.25) is 0 Å². The van der Waals surface area contributed by atoms with Crippen LogP contribution in [0.15, 0.2) is 18.2 Å². The molecule has 2 unspecified atom stereocenters. The van der Waals surface area contributed by atoms with Crippen LogP contribution in [0.25, 0.3) is 0 Å². The molecule has 2 atom stereocenters. The molecule has 1 aromatic rings. The van der Waals surface area contributed by atoms with E-state index in [1.54, 1.807) is 0 Å². The first-order valence-electron chi connectivity index (χ1n) is 7.24. The highest BCUT2D eigenvalue weighted by Gasteiger charge is 2.16. The number of hydrogen-bond donors (Lipinski definition) is 1. The van der Waals surface area contributed by atoms with E-state index in [9.17, 15) is 4.21 Å².